The Morgan fingerprint density at radius 2 is 2.13 bits per heavy atom. The first-order valence-electron chi connectivity index (χ1n) is 10.4. The van der Waals surface area contributed by atoms with Gasteiger partial charge in [0, 0.05) is 34.0 Å². The summed E-state index contributed by atoms with van der Waals surface area (Å²) >= 11 is 6.10. The number of carbonyl (C=O) groups is 1. The number of anilines is 2. The van der Waals surface area contributed by atoms with Crippen molar-refractivity contribution < 1.29 is 9.18 Å². The van der Waals surface area contributed by atoms with E-state index in [1.54, 1.807) is 31.2 Å². The lowest BCUT2D eigenvalue weighted by molar-refractivity contribution is -0.112. The van der Waals surface area contributed by atoms with Gasteiger partial charge in [-0.1, -0.05) is 24.6 Å². The van der Waals surface area contributed by atoms with Crippen molar-refractivity contribution in [3.8, 4) is 6.07 Å². The molecule has 0 radical (unpaired) electrons. The molecule has 1 aliphatic heterocycles. The largest absolute Gasteiger partial charge is 0.366 e. The predicted molar refractivity (Wildman–Crippen MR) is 125 cm³/mol. The topological polar surface area (TPSA) is 56.1 Å². The third kappa shape index (κ3) is 4.45. The van der Waals surface area contributed by atoms with Crippen molar-refractivity contribution in [2.24, 2.45) is 0 Å². The molecule has 2 aromatic carbocycles. The van der Waals surface area contributed by atoms with Gasteiger partial charge in [-0.25, -0.2) is 4.39 Å². The maximum Gasteiger partial charge on any atom is 0.266 e. The maximum absolute atomic E-state index is 15.0. The third-order valence-corrected chi connectivity index (χ3v) is 6.41. The van der Waals surface area contributed by atoms with Gasteiger partial charge < -0.3 is 10.2 Å². The Hall–Kier alpha value is -2.84. The van der Waals surface area contributed by atoms with Gasteiger partial charge >= 0.3 is 0 Å². The molecule has 162 valence electrons. The molecule has 1 heterocycles. The highest BCUT2D eigenvalue weighted by Gasteiger charge is 2.36. The Balaban J connectivity index is 1.98. The molecule has 0 fully saturated rings. The Labute approximate surface area is 188 Å². The maximum atomic E-state index is 15.0. The molecule has 1 unspecified atom stereocenters. The van der Waals surface area contributed by atoms with Gasteiger partial charge in [0.2, 0.25) is 0 Å². The van der Waals surface area contributed by atoms with Crippen LogP contribution in [0, 0.1) is 24.1 Å². The number of amides is 1. The number of hydrogen-bond acceptors (Lipinski definition) is 3. The first kappa shape index (κ1) is 22.8. The van der Waals surface area contributed by atoms with Crippen molar-refractivity contribution in [2.45, 2.75) is 52.5 Å². The highest BCUT2D eigenvalue weighted by molar-refractivity contribution is 6.31. The average Bonchev–Trinajstić information content (AvgIpc) is 2.69. The molecule has 1 N–H and O–H groups in total. The molecule has 0 bridgehead atoms. The molecule has 4 nitrogen and oxygen atoms in total. The van der Waals surface area contributed by atoms with Crippen LogP contribution in [-0.4, -0.2) is 18.0 Å². The molecule has 1 atom stereocenters. The van der Waals surface area contributed by atoms with Gasteiger partial charge in [0.25, 0.3) is 5.91 Å². The molecule has 6 heteroatoms. The summed E-state index contributed by atoms with van der Waals surface area (Å²) in [5.41, 5.74) is 3.10. The SMILES string of the molecule is CCN1c2cc(F)c(/C=C(\C#N)C(=O)Nc3cccc(Cl)c3C)cc2C(C)CC1(C)C. The summed E-state index contributed by atoms with van der Waals surface area (Å²) in [6.45, 7) is 11.1. The smallest absolute Gasteiger partial charge is 0.266 e. The Kier molecular flexibility index (Phi) is 6.43. The van der Waals surface area contributed by atoms with E-state index in [9.17, 15) is 10.1 Å². The molecule has 31 heavy (non-hydrogen) atoms. The van der Waals surface area contributed by atoms with Crippen LogP contribution in [0.2, 0.25) is 5.02 Å². The van der Waals surface area contributed by atoms with Crippen LogP contribution >= 0.6 is 11.6 Å². The fraction of sp³-hybridized carbons (Fsp3) is 0.360. The molecule has 0 aromatic heterocycles. The van der Waals surface area contributed by atoms with E-state index in [1.807, 2.05) is 6.07 Å². The second-order valence-corrected chi connectivity index (χ2v) is 9.04. The molecular weight excluding hydrogens is 413 g/mol. The zero-order chi connectivity index (χ0) is 22.9. The van der Waals surface area contributed by atoms with E-state index < -0.39 is 11.7 Å². The van der Waals surface area contributed by atoms with Crippen LogP contribution in [0.4, 0.5) is 15.8 Å². The van der Waals surface area contributed by atoms with Gasteiger partial charge in [-0.2, -0.15) is 5.26 Å². The molecule has 1 amide bonds. The highest BCUT2D eigenvalue weighted by Crippen LogP contribution is 2.44. The summed E-state index contributed by atoms with van der Waals surface area (Å²) < 4.78 is 15.0. The van der Waals surface area contributed by atoms with Crippen LogP contribution in [0.5, 0.6) is 0 Å². The molecule has 1 aliphatic rings. The van der Waals surface area contributed by atoms with E-state index in [4.69, 9.17) is 11.6 Å². The molecule has 2 aromatic rings. The minimum Gasteiger partial charge on any atom is -0.366 e. The van der Waals surface area contributed by atoms with Gasteiger partial charge in [-0.05, 0) is 81.5 Å². The predicted octanol–water partition coefficient (Wildman–Crippen LogP) is 6.45. The molecule has 0 saturated carbocycles. The zero-order valence-electron chi connectivity index (χ0n) is 18.5. The van der Waals surface area contributed by atoms with E-state index in [1.165, 1.54) is 12.1 Å². The van der Waals surface area contributed by atoms with Crippen molar-refractivity contribution in [3.63, 3.8) is 0 Å². The number of rotatable bonds is 4. The van der Waals surface area contributed by atoms with E-state index in [0.29, 0.717) is 16.3 Å². The van der Waals surface area contributed by atoms with Crippen molar-refractivity contribution >= 4 is 35.0 Å². The van der Waals surface area contributed by atoms with Crippen LogP contribution < -0.4 is 10.2 Å². The van der Waals surface area contributed by atoms with Gasteiger partial charge in [0.05, 0.1) is 0 Å². The second kappa shape index (κ2) is 8.72. The van der Waals surface area contributed by atoms with Crippen molar-refractivity contribution in [1.82, 2.24) is 0 Å². The van der Waals surface area contributed by atoms with Crippen molar-refractivity contribution in [3.05, 3.63) is 63.4 Å². The lowest BCUT2D eigenvalue weighted by atomic mass is 9.79. The zero-order valence-corrected chi connectivity index (χ0v) is 19.3. The summed E-state index contributed by atoms with van der Waals surface area (Å²) in [6.07, 6.45) is 2.25. The summed E-state index contributed by atoms with van der Waals surface area (Å²) in [7, 11) is 0. The summed E-state index contributed by atoms with van der Waals surface area (Å²) in [5, 5.41) is 12.8. The molecular formula is C25H27ClFN3O. The Bertz CT molecular complexity index is 1100. The summed E-state index contributed by atoms with van der Waals surface area (Å²) in [6, 6.07) is 10.3. The number of fused-ring (bicyclic) bond motifs is 1. The number of carbonyl (C=O) groups excluding carboxylic acids is 1. The van der Waals surface area contributed by atoms with E-state index >= 15 is 4.39 Å². The third-order valence-electron chi connectivity index (χ3n) is 6.00. The van der Waals surface area contributed by atoms with Crippen molar-refractivity contribution in [1.29, 1.82) is 5.26 Å². The first-order valence-corrected chi connectivity index (χ1v) is 10.8. The van der Waals surface area contributed by atoms with Crippen LogP contribution in [0.3, 0.4) is 0 Å². The number of benzene rings is 2. The van der Waals surface area contributed by atoms with Gasteiger partial charge in [-0.15, -0.1) is 0 Å². The number of nitrogens with zero attached hydrogens (tertiary/aromatic N) is 2. The van der Waals surface area contributed by atoms with Gasteiger partial charge in [-0.3, -0.25) is 4.79 Å². The number of halogens is 2. The van der Waals surface area contributed by atoms with Gasteiger partial charge in [0.15, 0.2) is 0 Å². The lowest BCUT2D eigenvalue weighted by Gasteiger charge is -2.47. The number of nitriles is 1. The van der Waals surface area contributed by atoms with Crippen molar-refractivity contribution in [2.75, 3.05) is 16.8 Å². The second-order valence-electron chi connectivity index (χ2n) is 8.63. The fourth-order valence-electron chi connectivity index (χ4n) is 4.47. The highest BCUT2D eigenvalue weighted by atomic mass is 35.5. The van der Waals surface area contributed by atoms with E-state index in [2.05, 4.69) is 37.9 Å². The Morgan fingerprint density at radius 1 is 1.42 bits per heavy atom. The summed E-state index contributed by atoms with van der Waals surface area (Å²) in [5.74, 6) is -0.829. The minimum atomic E-state index is -0.602. The average molecular weight is 440 g/mol. The fourth-order valence-corrected chi connectivity index (χ4v) is 4.64. The molecule has 0 aliphatic carbocycles. The van der Waals surface area contributed by atoms with Crippen LogP contribution in [0.25, 0.3) is 6.08 Å². The molecule has 0 spiro atoms. The monoisotopic (exact) mass is 439 g/mol. The normalized spacial score (nSPS) is 17.7. The lowest BCUT2D eigenvalue weighted by Crippen LogP contribution is -2.48. The quantitative estimate of drug-likeness (QED) is 0.440. The van der Waals surface area contributed by atoms with E-state index in [0.717, 1.165) is 24.2 Å². The van der Waals surface area contributed by atoms with Crippen LogP contribution in [-0.2, 0) is 4.79 Å². The molecule has 0 saturated heterocycles. The Morgan fingerprint density at radius 3 is 2.77 bits per heavy atom. The standard InChI is InChI=1S/C25H27ClFN3O/c1-6-30-23-12-21(27)17(11-19(23)15(2)13-25(30,4)5)10-18(14-28)24(31)29-22-9-7-8-20(26)16(22)3/h7-12,15H,6,13H2,1-5H3,(H,29,31)/b18-10+. The minimum absolute atomic E-state index is 0.0719. The van der Waals surface area contributed by atoms with Gasteiger partial charge in [0.1, 0.15) is 17.5 Å². The van der Waals surface area contributed by atoms with Crippen LogP contribution in [0.15, 0.2) is 35.9 Å². The first-order chi connectivity index (χ1) is 14.6. The van der Waals surface area contributed by atoms with Crippen LogP contribution in [0.1, 0.15) is 56.7 Å². The number of hydrogen-bond donors (Lipinski definition) is 1. The summed E-state index contributed by atoms with van der Waals surface area (Å²) in [4.78, 5) is 14.9. The molecule has 3 rings (SSSR count). The van der Waals surface area contributed by atoms with E-state index in [-0.39, 0.29) is 22.6 Å². The number of nitrogens with one attached hydrogen (secondary N) is 1.